The van der Waals surface area contributed by atoms with Crippen LogP contribution in [0.3, 0.4) is 0 Å². The Morgan fingerprint density at radius 3 is 2.82 bits per heavy atom. The van der Waals surface area contributed by atoms with Gasteiger partial charge in [0.1, 0.15) is 17.1 Å². The summed E-state index contributed by atoms with van der Waals surface area (Å²) in [5, 5.41) is 11.5. The van der Waals surface area contributed by atoms with Crippen LogP contribution in [0, 0.1) is 6.92 Å². The van der Waals surface area contributed by atoms with Gasteiger partial charge in [0.05, 0.1) is 6.54 Å². The highest BCUT2D eigenvalue weighted by molar-refractivity contribution is 5.88. The standard InChI is InChI=1S/C12H15NO4/c1-3-4-5-11(14)13-7-9-6-10(12(15)16)8(2)17-9/h3,6H,1,4-5,7H2,2H3,(H,13,14)(H,15,16). The lowest BCUT2D eigenvalue weighted by Crippen LogP contribution is -2.21. The van der Waals surface area contributed by atoms with Crippen molar-refractivity contribution in [3.8, 4) is 0 Å². The maximum Gasteiger partial charge on any atom is 0.339 e. The molecule has 1 heterocycles. The molecular weight excluding hydrogens is 222 g/mol. The first-order valence-electron chi connectivity index (χ1n) is 5.24. The molecule has 0 saturated heterocycles. The number of allylic oxidation sites excluding steroid dienone is 1. The molecule has 1 aromatic heterocycles. The van der Waals surface area contributed by atoms with Crippen LogP contribution in [0.15, 0.2) is 23.1 Å². The summed E-state index contributed by atoms with van der Waals surface area (Å²) in [6, 6.07) is 1.42. The van der Waals surface area contributed by atoms with Gasteiger partial charge in [-0.2, -0.15) is 0 Å². The van der Waals surface area contributed by atoms with E-state index in [0.717, 1.165) is 0 Å². The zero-order chi connectivity index (χ0) is 12.8. The number of carbonyl (C=O) groups is 2. The Morgan fingerprint density at radius 1 is 1.59 bits per heavy atom. The molecule has 0 aliphatic carbocycles. The predicted octanol–water partition coefficient (Wildman–Crippen LogP) is 1.87. The third-order valence-electron chi connectivity index (χ3n) is 2.23. The van der Waals surface area contributed by atoms with Crippen molar-refractivity contribution >= 4 is 11.9 Å². The molecule has 1 rings (SSSR count). The Hall–Kier alpha value is -2.04. The van der Waals surface area contributed by atoms with E-state index < -0.39 is 5.97 Å². The van der Waals surface area contributed by atoms with Gasteiger partial charge in [-0.3, -0.25) is 4.79 Å². The van der Waals surface area contributed by atoms with Crippen LogP contribution in [0.1, 0.15) is 34.7 Å². The number of carboxylic acids is 1. The second-order valence-corrected chi connectivity index (χ2v) is 3.59. The van der Waals surface area contributed by atoms with Crippen molar-refractivity contribution in [3.05, 3.63) is 35.8 Å². The van der Waals surface area contributed by atoms with Crippen molar-refractivity contribution in [3.63, 3.8) is 0 Å². The van der Waals surface area contributed by atoms with Crippen molar-refractivity contribution in [2.75, 3.05) is 0 Å². The normalized spacial score (nSPS) is 9.94. The van der Waals surface area contributed by atoms with E-state index in [-0.39, 0.29) is 18.0 Å². The molecule has 5 heteroatoms. The first-order valence-corrected chi connectivity index (χ1v) is 5.24. The zero-order valence-corrected chi connectivity index (χ0v) is 9.66. The third kappa shape index (κ3) is 3.79. The second kappa shape index (κ2) is 5.89. The Bertz CT molecular complexity index is 434. The summed E-state index contributed by atoms with van der Waals surface area (Å²) >= 11 is 0. The van der Waals surface area contributed by atoms with Gasteiger partial charge in [-0.15, -0.1) is 6.58 Å². The minimum absolute atomic E-state index is 0.115. The van der Waals surface area contributed by atoms with Crippen molar-refractivity contribution in [2.24, 2.45) is 0 Å². The lowest BCUT2D eigenvalue weighted by atomic mass is 10.2. The Labute approximate surface area is 99.1 Å². The molecule has 5 nitrogen and oxygen atoms in total. The molecule has 0 saturated carbocycles. The van der Waals surface area contributed by atoms with E-state index in [0.29, 0.717) is 24.4 Å². The fraction of sp³-hybridized carbons (Fsp3) is 0.333. The molecule has 92 valence electrons. The minimum atomic E-state index is -1.03. The van der Waals surface area contributed by atoms with Crippen molar-refractivity contribution in [1.29, 1.82) is 0 Å². The number of carbonyl (C=O) groups excluding carboxylic acids is 1. The van der Waals surface area contributed by atoms with Crippen LogP contribution >= 0.6 is 0 Å². The van der Waals surface area contributed by atoms with Gasteiger partial charge < -0.3 is 14.8 Å². The van der Waals surface area contributed by atoms with Gasteiger partial charge in [0, 0.05) is 6.42 Å². The lowest BCUT2D eigenvalue weighted by molar-refractivity contribution is -0.121. The summed E-state index contributed by atoms with van der Waals surface area (Å²) in [6.07, 6.45) is 2.65. The summed E-state index contributed by atoms with van der Waals surface area (Å²) in [7, 11) is 0. The van der Waals surface area contributed by atoms with E-state index in [4.69, 9.17) is 9.52 Å². The fourth-order valence-corrected chi connectivity index (χ4v) is 1.35. The average molecular weight is 237 g/mol. The van der Waals surface area contributed by atoms with E-state index in [1.54, 1.807) is 13.0 Å². The Balaban J connectivity index is 2.52. The number of nitrogens with one attached hydrogen (secondary N) is 1. The highest BCUT2D eigenvalue weighted by Crippen LogP contribution is 2.14. The smallest absolute Gasteiger partial charge is 0.339 e. The second-order valence-electron chi connectivity index (χ2n) is 3.59. The van der Waals surface area contributed by atoms with E-state index in [2.05, 4.69) is 11.9 Å². The van der Waals surface area contributed by atoms with Crippen LogP contribution in [0.5, 0.6) is 0 Å². The molecule has 1 aromatic rings. The Morgan fingerprint density at radius 2 is 2.29 bits per heavy atom. The number of carboxylic acid groups (broad SMARTS) is 1. The molecule has 0 aromatic carbocycles. The number of aryl methyl sites for hydroxylation is 1. The van der Waals surface area contributed by atoms with Gasteiger partial charge in [-0.1, -0.05) is 6.08 Å². The van der Waals surface area contributed by atoms with E-state index >= 15 is 0 Å². The molecule has 0 aliphatic heterocycles. The van der Waals surface area contributed by atoms with Crippen LogP contribution in [0.2, 0.25) is 0 Å². The van der Waals surface area contributed by atoms with Gasteiger partial charge in [-0.25, -0.2) is 4.79 Å². The minimum Gasteiger partial charge on any atom is -0.478 e. The van der Waals surface area contributed by atoms with Crippen LogP contribution in [0.4, 0.5) is 0 Å². The van der Waals surface area contributed by atoms with Gasteiger partial charge in [0.2, 0.25) is 5.91 Å². The maximum absolute atomic E-state index is 11.3. The zero-order valence-electron chi connectivity index (χ0n) is 9.66. The van der Waals surface area contributed by atoms with Crippen LogP contribution in [-0.2, 0) is 11.3 Å². The molecule has 0 unspecified atom stereocenters. The molecule has 1 amide bonds. The molecule has 0 radical (unpaired) electrons. The summed E-state index contributed by atoms with van der Waals surface area (Å²) in [6.45, 7) is 5.30. The Kier molecular flexibility index (Phi) is 4.51. The number of rotatable bonds is 6. The number of hydrogen-bond donors (Lipinski definition) is 2. The summed E-state index contributed by atoms with van der Waals surface area (Å²) in [5.74, 6) is -0.369. The van der Waals surface area contributed by atoms with Crippen LogP contribution in [0.25, 0.3) is 0 Å². The SMILES string of the molecule is C=CCCC(=O)NCc1cc(C(=O)O)c(C)o1. The quantitative estimate of drug-likeness (QED) is 0.740. The average Bonchev–Trinajstić information content (AvgIpc) is 2.65. The summed E-state index contributed by atoms with van der Waals surface area (Å²) in [5.41, 5.74) is 0.125. The largest absolute Gasteiger partial charge is 0.478 e. The highest BCUT2D eigenvalue weighted by atomic mass is 16.4. The molecule has 0 fully saturated rings. The fourth-order valence-electron chi connectivity index (χ4n) is 1.35. The molecule has 0 spiro atoms. The lowest BCUT2D eigenvalue weighted by Gasteiger charge is -2.00. The predicted molar refractivity (Wildman–Crippen MR) is 61.7 cm³/mol. The van der Waals surface area contributed by atoms with Crippen molar-refractivity contribution in [2.45, 2.75) is 26.3 Å². The van der Waals surface area contributed by atoms with Crippen molar-refractivity contribution in [1.82, 2.24) is 5.32 Å². The maximum atomic E-state index is 11.3. The first-order chi connectivity index (χ1) is 8.04. The van der Waals surface area contributed by atoms with E-state index in [1.807, 2.05) is 0 Å². The molecule has 0 atom stereocenters. The molecule has 2 N–H and O–H groups in total. The van der Waals surface area contributed by atoms with Gasteiger partial charge in [-0.05, 0) is 19.4 Å². The van der Waals surface area contributed by atoms with E-state index in [1.165, 1.54) is 6.07 Å². The van der Waals surface area contributed by atoms with Crippen LogP contribution in [-0.4, -0.2) is 17.0 Å². The van der Waals surface area contributed by atoms with Gasteiger partial charge in [0.25, 0.3) is 0 Å². The van der Waals surface area contributed by atoms with Crippen LogP contribution < -0.4 is 5.32 Å². The summed E-state index contributed by atoms with van der Waals surface area (Å²) < 4.78 is 5.22. The third-order valence-corrected chi connectivity index (χ3v) is 2.23. The highest BCUT2D eigenvalue weighted by Gasteiger charge is 2.13. The molecule has 0 bridgehead atoms. The topological polar surface area (TPSA) is 79.5 Å². The first kappa shape index (κ1) is 13.0. The number of aromatic carboxylic acids is 1. The molecule has 17 heavy (non-hydrogen) atoms. The van der Waals surface area contributed by atoms with Gasteiger partial charge >= 0.3 is 5.97 Å². The van der Waals surface area contributed by atoms with Crippen molar-refractivity contribution < 1.29 is 19.1 Å². The number of hydrogen-bond acceptors (Lipinski definition) is 3. The summed E-state index contributed by atoms with van der Waals surface area (Å²) in [4.78, 5) is 22.0. The number of amides is 1. The molecule has 0 aliphatic rings. The van der Waals surface area contributed by atoms with E-state index in [9.17, 15) is 9.59 Å². The monoisotopic (exact) mass is 237 g/mol. The number of furan rings is 1. The molecular formula is C12H15NO4. The van der Waals surface area contributed by atoms with Gasteiger partial charge in [0.15, 0.2) is 0 Å².